The molecule has 10 heteroatoms. The molecule has 4 heterocycles. The molecular weight excluding hydrogens is 490 g/mol. The second-order valence-corrected chi connectivity index (χ2v) is 10.1. The maximum absolute atomic E-state index is 12.4. The highest BCUT2D eigenvalue weighted by Crippen LogP contribution is 2.31. The molecular formula is C29H33N9O. The van der Waals surface area contributed by atoms with E-state index < -0.39 is 0 Å². The van der Waals surface area contributed by atoms with Gasteiger partial charge in [0, 0.05) is 79.9 Å². The van der Waals surface area contributed by atoms with Gasteiger partial charge in [-0.2, -0.15) is 5.10 Å². The van der Waals surface area contributed by atoms with E-state index in [1.165, 1.54) is 5.69 Å². The van der Waals surface area contributed by atoms with Crippen LogP contribution < -0.4 is 15.5 Å². The van der Waals surface area contributed by atoms with Crippen LogP contribution in [0.15, 0.2) is 67.0 Å². The number of nitrogens with one attached hydrogen (secondary N) is 3. The number of hydrogen-bond acceptors (Lipinski definition) is 7. The number of aromatic nitrogens is 4. The zero-order chi connectivity index (χ0) is 26.6. The van der Waals surface area contributed by atoms with E-state index in [1.54, 1.807) is 6.20 Å². The van der Waals surface area contributed by atoms with Crippen LogP contribution in [0.5, 0.6) is 0 Å². The van der Waals surface area contributed by atoms with Crippen molar-refractivity contribution in [3.05, 3.63) is 67.0 Å². The van der Waals surface area contributed by atoms with Crippen LogP contribution in [0, 0.1) is 0 Å². The van der Waals surface area contributed by atoms with Crippen LogP contribution in [0.1, 0.15) is 12.8 Å². The Morgan fingerprint density at radius 1 is 0.923 bits per heavy atom. The van der Waals surface area contributed by atoms with E-state index in [0.717, 1.165) is 86.0 Å². The van der Waals surface area contributed by atoms with Gasteiger partial charge in [0.25, 0.3) is 0 Å². The number of urea groups is 1. The SMILES string of the molecule is CN1CCN(c2cccc(Nc3nccc(-c4c[nH]nc4-c4ccc(NC(=O)N5CCCC5)cc4)n3)c2)CC1. The number of amides is 2. The number of H-pyrrole nitrogens is 1. The third-order valence-electron chi connectivity index (χ3n) is 7.35. The zero-order valence-electron chi connectivity index (χ0n) is 22.1. The number of nitrogens with zero attached hydrogens (tertiary/aromatic N) is 6. The standard InChI is InChI=1S/C29H33N9O/c1-36-15-17-37(18-16-36)24-6-4-5-23(19-24)32-28-30-12-11-26(34-28)25-20-31-35-27(25)21-7-9-22(10-8-21)33-29(39)38-13-2-3-14-38/h4-12,19-20H,2-3,13-18H2,1H3,(H,31,35)(H,33,39)(H,30,32,34). The molecule has 2 aromatic heterocycles. The summed E-state index contributed by atoms with van der Waals surface area (Å²) in [6, 6.07) is 18.0. The summed E-state index contributed by atoms with van der Waals surface area (Å²) in [4.78, 5) is 28.3. The van der Waals surface area contributed by atoms with E-state index in [4.69, 9.17) is 4.98 Å². The Morgan fingerprint density at radius 2 is 1.72 bits per heavy atom. The first-order chi connectivity index (χ1) is 19.1. The normalized spacial score (nSPS) is 15.9. The lowest BCUT2D eigenvalue weighted by atomic mass is 10.1. The molecule has 2 amide bonds. The monoisotopic (exact) mass is 523 g/mol. The smallest absolute Gasteiger partial charge is 0.321 e. The molecule has 200 valence electrons. The number of carbonyl (C=O) groups is 1. The van der Waals surface area contributed by atoms with Crippen LogP contribution >= 0.6 is 0 Å². The minimum Gasteiger partial charge on any atom is -0.369 e. The van der Waals surface area contributed by atoms with Gasteiger partial charge in [0.1, 0.15) is 5.69 Å². The van der Waals surface area contributed by atoms with Crippen molar-refractivity contribution >= 4 is 29.0 Å². The summed E-state index contributed by atoms with van der Waals surface area (Å²) < 4.78 is 0. The Kier molecular flexibility index (Phi) is 7.09. The van der Waals surface area contributed by atoms with Crippen molar-refractivity contribution in [2.75, 3.05) is 61.8 Å². The first kappa shape index (κ1) is 24.9. The van der Waals surface area contributed by atoms with Crippen LogP contribution in [-0.4, -0.2) is 82.3 Å². The summed E-state index contributed by atoms with van der Waals surface area (Å²) in [6.45, 7) is 5.79. The highest BCUT2D eigenvalue weighted by molar-refractivity contribution is 5.90. The predicted molar refractivity (Wildman–Crippen MR) is 154 cm³/mol. The molecule has 2 aliphatic heterocycles. The van der Waals surface area contributed by atoms with Crippen molar-refractivity contribution in [2.24, 2.45) is 0 Å². The molecule has 2 aromatic carbocycles. The lowest BCUT2D eigenvalue weighted by Crippen LogP contribution is -2.44. The van der Waals surface area contributed by atoms with Crippen molar-refractivity contribution in [1.82, 2.24) is 30.0 Å². The van der Waals surface area contributed by atoms with Crippen molar-refractivity contribution in [1.29, 1.82) is 0 Å². The number of likely N-dealkylation sites (tertiary alicyclic amines) is 1. The van der Waals surface area contributed by atoms with Crippen LogP contribution in [0.3, 0.4) is 0 Å². The highest BCUT2D eigenvalue weighted by atomic mass is 16.2. The van der Waals surface area contributed by atoms with Crippen LogP contribution in [0.2, 0.25) is 0 Å². The van der Waals surface area contributed by atoms with Gasteiger partial charge in [0.2, 0.25) is 5.95 Å². The minimum atomic E-state index is -0.0456. The van der Waals surface area contributed by atoms with Crippen molar-refractivity contribution in [3.8, 4) is 22.5 Å². The second-order valence-electron chi connectivity index (χ2n) is 10.1. The first-order valence-electron chi connectivity index (χ1n) is 13.5. The van der Waals surface area contributed by atoms with Crippen molar-refractivity contribution < 1.29 is 4.79 Å². The summed E-state index contributed by atoms with van der Waals surface area (Å²) in [7, 11) is 2.16. The Labute approximate surface area is 228 Å². The van der Waals surface area contributed by atoms with Crippen LogP contribution in [0.4, 0.5) is 27.8 Å². The summed E-state index contributed by atoms with van der Waals surface area (Å²) >= 11 is 0. The van der Waals surface area contributed by atoms with E-state index in [-0.39, 0.29) is 6.03 Å². The average molecular weight is 524 g/mol. The van der Waals surface area contributed by atoms with Crippen LogP contribution in [-0.2, 0) is 0 Å². The molecule has 2 saturated heterocycles. The molecule has 3 N–H and O–H groups in total. The zero-order valence-corrected chi connectivity index (χ0v) is 22.1. The maximum atomic E-state index is 12.4. The van der Waals surface area contributed by atoms with Gasteiger partial charge in [-0.25, -0.2) is 14.8 Å². The Balaban J connectivity index is 1.16. The van der Waals surface area contributed by atoms with Gasteiger partial charge in [0.05, 0.1) is 5.69 Å². The number of hydrogen-bond donors (Lipinski definition) is 3. The minimum absolute atomic E-state index is 0.0456. The van der Waals surface area contributed by atoms with Gasteiger partial charge < -0.3 is 25.3 Å². The number of benzene rings is 2. The van der Waals surface area contributed by atoms with Gasteiger partial charge in [-0.3, -0.25) is 5.10 Å². The van der Waals surface area contributed by atoms with Gasteiger partial charge in [-0.1, -0.05) is 18.2 Å². The Morgan fingerprint density at radius 3 is 2.51 bits per heavy atom. The molecule has 2 fully saturated rings. The largest absolute Gasteiger partial charge is 0.369 e. The molecule has 2 aliphatic rings. The molecule has 0 aliphatic carbocycles. The Hall–Kier alpha value is -4.44. The molecule has 0 saturated carbocycles. The molecule has 6 rings (SSSR count). The van der Waals surface area contributed by atoms with E-state index in [1.807, 2.05) is 47.5 Å². The van der Waals surface area contributed by atoms with E-state index in [0.29, 0.717) is 5.95 Å². The molecule has 4 aromatic rings. The second kappa shape index (κ2) is 11.1. The van der Waals surface area contributed by atoms with Crippen molar-refractivity contribution in [2.45, 2.75) is 12.8 Å². The lowest BCUT2D eigenvalue weighted by Gasteiger charge is -2.34. The fraction of sp³-hybridized carbons (Fsp3) is 0.310. The van der Waals surface area contributed by atoms with Crippen LogP contribution in [0.25, 0.3) is 22.5 Å². The van der Waals surface area contributed by atoms with Crippen molar-refractivity contribution in [3.63, 3.8) is 0 Å². The van der Waals surface area contributed by atoms with Gasteiger partial charge >= 0.3 is 6.03 Å². The summed E-state index contributed by atoms with van der Waals surface area (Å²) in [5.41, 5.74) is 6.26. The van der Waals surface area contributed by atoms with Gasteiger partial charge in [-0.15, -0.1) is 0 Å². The number of likely N-dealkylation sites (N-methyl/N-ethyl adjacent to an activating group) is 1. The van der Waals surface area contributed by atoms with E-state index in [2.05, 4.69) is 60.9 Å². The molecule has 0 atom stereocenters. The summed E-state index contributed by atoms with van der Waals surface area (Å²) in [5.74, 6) is 0.523. The predicted octanol–water partition coefficient (Wildman–Crippen LogP) is 4.66. The van der Waals surface area contributed by atoms with E-state index >= 15 is 0 Å². The quantitative estimate of drug-likeness (QED) is 0.338. The first-order valence-corrected chi connectivity index (χ1v) is 13.5. The van der Waals surface area contributed by atoms with Gasteiger partial charge in [0.15, 0.2) is 0 Å². The molecule has 10 nitrogen and oxygen atoms in total. The third kappa shape index (κ3) is 5.70. The summed E-state index contributed by atoms with van der Waals surface area (Å²) in [5, 5.41) is 13.8. The molecule has 0 spiro atoms. The lowest BCUT2D eigenvalue weighted by molar-refractivity contribution is 0.222. The molecule has 39 heavy (non-hydrogen) atoms. The van der Waals surface area contributed by atoms with Gasteiger partial charge in [-0.05, 0) is 56.3 Å². The highest BCUT2D eigenvalue weighted by Gasteiger charge is 2.19. The number of anilines is 4. The molecule has 0 bridgehead atoms. The summed E-state index contributed by atoms with van der Waals surface area (Å²) in [6.07, 6.45) is 5.73. The molecule has 0 unspecified atom stereocenters. The Bertz CT molecular complexity index is 1420. The van der Waals surface area contributed by atoms with E-state index in [9.17, 15) is 4.79 Å². The number of carbonyl (C=O) groups excluding carboxylic acids is 1. The third-order valence-corrected chi connectivity index (χ3v) is 7.35. The fourth-order valence-corrected chi connectivity index (χ4v) is 5.08. The number of piperazine rings is 1. The molecule has 0 radical (unpaired) electrons. The topological polar surface area (TPSA) is 105 Å². The maximum Gasteiger partial charge on any atom is 0.321 e. The number of rotatable bonds is 6. The average Bonchev–Trinajstić information content (AvgIpc) is 3.68. The fourth-order valence-electron chi connectivity index (χ4n) is 5.08. The number of aromatic amines is 1.